The van der Waals surface area contributed by atoms with Crippen molar-refractivity contribution in [2.45, 2.75) is 5.75 Å². The molecule has 0 heterocycles. The molecule has 54 valence electrons. The van der Waals surface area contributed by atoms with Gasteiger partial charge in [-0.25, -0.2) is 4.39 Å². The number of halogens is 2. The molecule has 0 aromatic heterocycles. The first-order chi connectivity index (χ1) is 4.74. The molecule has 0 amide bonds. The average Bonchev–Trinajstić information content (AvgIpc) is 1.88. The monoisotopic (exact) mass is 175 g/mol. The molecule has 1 rings (SSSR count). The van der Waals surface area contributed by atoms with E-state index < -0.39 is 0 Å². The normalized spacial score (nSPS) is 9.90. The first kappa shape index (κ1) is 7.89. The molecule has 0 atom stereocenters. The summed E-state index contributed by atoms with van der Waals surface area (Å²) in [6.07, 6.45) is 0. The number of benzene rings is 1. The molecule has 0 unspecified atom stereocenters. The molecule has 0 aliphatic heterocycles. The van der Waals surface area contributed by atoms with Crippen LogP contribution in [0.3, 0.4) is 0 Å². The fourth-order valence-electron chi connectivity index (χ4n) is 0.639. The Kier molecular flexibility index (Phi) is 2.57. The molecule has 1 aromatic carbocycles. The zero-order valence-corrected chi connectivity index (χ0v) is 6.68. The fourth-order valence-corrected chi connectivity index (χ4v) is 1.20. The third kappa shape index (κ3) is 1.64. The summed E-state index contributed by atoms with van der Waals surface area (Å²) < 4.78 is 12.4. The van der Waals surface area contributed by atoms with Crippen LogP contribution >= 0.6 is 11.6 Å². The summed E-state index contributed by atoms with van der Waals surface area (Å²) in [6, 6.07) is 4.22. The van der Waals surface area contributed by atoms with Crippen LogP contribution in [0.1, 0.15) is 5.56 Å². The van der Waals surface area contributed by atoms with Crippen molar-refractivity contribution in [1.29, 1.82) is 0 Å². The SMILES string of the molecule is Fc1ccc(C[S-])c(Cl)c1. The molecule has 3 heteroatoms. The fraction of sp³-hybridized carbons (Fsp3) is 0.143. The van der Waals surface area contributed by atoms with Gasteiger partial charge in [0.2, 0.25) is 0 Å². The Morgan fingerprint density at radius 1 is 1.50 bits per heavy atom. The molecule has 0 saturated heterocycles. The maximum Gasteiger partial charge on any atom is 0.124 e. The van der Waals surface area contributed by atoms with Gasteiger partial charge in [0.15, 0.2) is 0 Å². The van der Waals surface area contributed by atoms with E-state index in [1.54, 1.807) is 6.07 Å². The summed E-state index contributed by atoms with van der Waals surface area (Å²) in [5.74, 6) is 0.108. The zero-order valence-electron chi connectivity index (χ0n) is 5.10. The summed E-state index contributed by atoms with van der Waals surface area (Å²) in [4.78, 5) is 0. The minimum atomic E-state index is -0.322. The molecule has 0 spiro atoms. The van der Waals surface area contributed by atoms with Crippen LogP contribution in [0, 0.1) is 5.82 Å². The molecule has 10 heavy (non-hydrogen) atoms. The van der Waals surface area contributed by atoms with Crippen molar-refractivity contribution in [2.24, 2.45) is 0 Å². The van der Waals surface area contributed by atoms with Crippen LogP contribution in [-0.4, -0.2) is 0 Å². The van der Waals surface area contributed by atoms with Gasteiger partial charge in [-0.1, -0.05) is 23.2 Å². The van der Waals surface area contributed by atoms with Gasteiger partial charge in [-0.2, -0.15) is 0 Å². The van der Waals surface area contributed by atoms with Crippen molar-refractivity contribution in [2.75, 3.05) is 0 Å². The molecule has 0 fully saturated rings. The van der Waals surface area contributed by atoms with E-state index in [2.05, 4.69) is 0 Å². The Hall–Kier alpha value is -0.210. The van der Waals surface area contributed by atoms with Gasteiger partial charge in [0.25, 0.3) is 0 Å². The lowest BCUT2D eigenvalue weighted by atomic mass is 10.2. The average molecular weight is 176 g/mol. The predicted molar refractivity (Wildman–Crippen MR) is 42.5 cm³/mol. The summed E-state index contributed by atoms with van der Waals surface area (Å²) in [6.45, 7) is 0. The summed E-state index contributed by atoms with van der Waals surface area (Å²) in [5, 5.41) is 0.412. The zero-order chi connectivity index (χ0) is 7.56. The van der Waals surface area contributed by atoms with Gasteiger partial charge in [-0.05, 0) is 12.1 Å². The Morgan fingerprint density at radius 3 is 2.70 bits per heavy atom. The minimum Gasteiger partial charge on any atom is -0.788 e. The van der Waals surface area contributed by atoms with E-state index in [0.717, 1.165) is 5.56 Å². The van der Waals surface area contributed by atoms with Crippen LogP contribution in [0.2, 0.25) is 5.02 Å². The molecule has 0 aliphatic rings. The van der Waals surface area contributed by atoms with Crippen LogP contribution in [0.25, 0.3) is 0 Å². The van der Waals surface area contributed by atoms with Crippen LogP contribution in [0.4, 0.5) is 4.39 Å². The second-order valence-electron chi connectivity index (χ2n) is 1.88. The maximum absolute atomic E-state index is 12.4. The van der Waals surface area contributed by atoms with Crippen LogP contribution in [0.15, 0.2) is 18.2 Å². The van der Waals surface area contributed by atoms with Crippen molar-refractivity contribution in [1.82, 2.24) is 0 Å². The highest BCUT2D eigenvalue weighted by Crippen LogP contribution is 2.16. The van der Waals surface area contributed by atoms with Gasteiger partial charge in [0.05, 0.1) is 0 Å². The quantitative estimate of drug-likeness (QED) is 0.592. The third-order valence-electron chi connectivity index (χ3n) is 1.17. The number of hydrogen-bond donors (Lipinski definition) is 0. The van der Waals surface area contributed by atoms with E-state index in [9.17, 15) is 4.39 Å². The standard InChI is InChI=1S/C7H6ClFS/c8-7-3-6(9)2-1-5(7)4-10/h1-3,10H,4H2/p-1. The molecular weight excluding hydrogens is 171 g/mol. The molecule has 0 nitrogen and oxygen atoms in total. The van der Waals surface area contributed by atoms with Crippen molar-refractivity contribution < 1.29 is 4.39 Å². The molecular formula is C7H5ClFS-. The summed E-state index contributed by atoms with van der Waals surface area (Å²) in [5.41, 5.74) is 0.804. The molecule has 0 N–H and O–H groups in total. The Balaban J connectivity index is 3.07. The molecule has 0 saturated carbocycles. The second-order valence-corrected chi connectivity index (χ2v) is 2.58. The Bertz CT molecular complexity index is 237. The van der Waals surface area contributed by atoms with E-state index in [0.29, 0.717) is 10.8 Å². The number of rotatable bonds is 1. The smallest absolute Gasteiger partial charge is 0.124 e. The van der Waals surface area contributed by atoms with Gasteiger partial charge in [0, 0.05) is 5.02 Å². The van der Waals surface area contributed by atoms with E-state index in [1.807, 2.05) is 0 Å². The maximum atomic E-state index is 12.4. The van der Waals surface area contributed by atoms with Gasteiger partial charge in [-0.3, -0.25) is 0 Å². The highest BCUT2D eigenvalue weighted by Gasteiger charge is 1.95. The van der Waals surface area contributed by atoms with Gasteiger partial charge in [0.1, 0.15) is 5.82 Å². The largest absolute Gasteiger partial charge is 0.788 e. The molecule has 0 aliphatic carbocycles. The summed E-state index contributed by atoms with van der Waals surface area (Å²) in [7, 11) is 0. The van der Waals surface area contributed by atoms with E-state index in [1.165, 1.54) is 12.1 Å². The van der Waals surface area contributed by atoms with E-state index in [4.69, 9.17) is 24.2 Å². The topological polar surface area (TPSA) is 0 Å². The van der Waals surface area contributed by atoms with Crippen molar-refractivity contribution in [3.8, 4) is 0 Å². The second kappa shape index (κ2) is 3.26. The Labute approximate surface area is 69.4 Å². The molecule has 0 radical (unpaired) electrons. The number of hydrogen-bond acceptors (Lipinski definition) is 1. The van der Waals surface area contributed by atoms with Gasteiger partial charge in [-0.15, -0.1) is 5.75 Å². The first-order valence-electron chi connectivity index (χ1n) is 2.76. The lowest BCUT2D eigenvalue weighted by Crippen LogP contribution is -1.83. The van der Waals surface area contributed by atoms with Crippen LogP contribution in [-0.2, 0) is 18.4 Å². The Morgan fingerprint density at radius 2 is 2.20 bits per heavy atom. The summed E-state index contributed by atoms with van der Waals surface area (Å²) >= 11 is 10.4. The van der Waals surface area contributed by atoms with Crippen LogP contribution < -0.4 is 0 Å². The molecule has 0 bridgehead atoms. The van der Waals surface area contributed by atoms with Crippen molar-refractivity contribution in [3.63, 3.8) is 0 Å². The lowest BCUT2D eigenvalue weighted by molar-refractivity contribution is 0.627. The molecule has 1 aromatic rings. The van der Waals surface area contributed by atoms with Gasteiger partial charge >= 0.3 is 0 Å². The third-order valence-corrected chi connectivity index (χ3v) is 1.83. The van der Waals surface area contributed by atoms with Crippen molar-refractivity contribution >= 4 is 24.2 Å². The lowest BCUT2D eigenvalue weighted by Gasteiger charge is -2.05. The van der Waals surface area contributed by atoms with Crippen LogP contribution in [0.5, 0.6) is 0 Å². The van der Waals surface area contributed by atoms with E-state index in [-0.39, 0.29) is 5.82 Å². The van der Waals surface area contributed by atoms with Crippen molar-refractivity contribution in [3.05, 3.63) is 34.6 Å². The first-order valence-corrected chi connectivity index (χ1v) is 3.71. The van der Waals surface area contributed by atoms with Gasteiger partial charge < -0.3 is 12.6 Å². The highest BCUT2D eigenvalue weighted by molar-refractivity contribution is 7.57. The highest BCUT2D eigenvalue weighted by atomic mass is 35.5. The minimum absolute atomic E-state index is 0.322. The van der Waals surface area contributed by atoms with E-state index >= 15 is 0 Å². The predicted octanol–water partition coefficient (Wildman–Crippen LogP) is 2.53.